The average molecular weight is 307 g/mol. The van der Waals surface area contributed by atoms with Gasteiger partial charge >= 0.3 is 0 Å². The van der Waals surface area contributed by atoms with Crippen LogP contribution in [0.3, 0.4) is 0 Å². The highest BCUT2D eigenvalue weighted by Crippen LogP contribution is 2.31. The van der Waals surface area contributed by atoms with Gasteiger partial charge in [0.25, 0.3) is 0 Å². The van der Waals surface area contributed by atoms with E-state index in [4.69, 9.17) is 0 Å². The lowest BCUT2D eigenvalue weighted by Gasteiger charge is -2.21. The van der Waals surface area contributed by atoms with Crippen LogP contribution in [0.15, 0.2) is 48.4 Å². The number of nitrogens with one attached hydrogen (secondary N) is 1. The summed E-state index contributed by atoms with van der Waals surface area (Å²) in [6, 6.07) is 6.07. The number of hydrogen-bond acceptors (Lipinski definition) is 5. The lowest BCUT2D eigenvalue weighted by molar-refractivity contribution is -0.0297. The fourth-order valence-corrected chi connectivity index (χ4v) is 2.95. The summed E-state index contributed by atoms with van der Waals surface area (Å²) >= 11 is 0. The maximum absolute atomic E-state index is 9.83. The molecular weight excluding hydrogens is 290 g/mol. The van der Waals surface area contributed by atoms with Gasteiger partial charge in [-0.15, -0.1) is 0 Å². The molecular formula is C17H17N5O. The molecule has 0 spiro atoms. The Hall–Kier alpha value is -2.86. The van der Waals surface area contributed by atoms with Crippen molar-refractivity contribution in [3.8, 4) is 0 Å². The van der Waals surface area contributed by atoms with E-state index in [1.165, 1.54) is 5.06 Å². The van der Waals surface area contributed by atoms with Gasteiger partial charge in [-0.25, -0.2) is 9.50 Å². The van der Waals surface area contributed by atoms with Crippen molar-refractivity contribution in [2.24, 2.45) is 0 Å². The molecule has 23 heavy (non-hydrogen) atoms. The molecule has 4 heterocycles. The van der Waals surface area contributed by atoms with Crippen LogP contribution in [0, 0.1) is 0 Å². The number of allylic oxidation sites excluding steroid dienone is 2. The predicted octanol–water partition coefficient (Wildman–Crippen LogP) is 2.92. The maximum atomic E-state index is 9.83. The van der Waals surface area contributed by atoms with Crippen molar-refractivity contribution < 1.29 is 5.21 Å². The minimum atomic E-state index is 0.498. The zero-order valence-corrected chi connectivity index (χ0v) is 13.0. The number of hydroxylamine groups is 2. The Morgan fingerprint density at radius 1 is 1.30 bits per heavy atom. The smallest absolute Gasteiger partial charge is 0.126 e. The van der Waals surface area contributed by atoms with Gasteiger partial charge in [0.05, 0.1) is 24.0 Å². The Morgan fingerprint density at radius 3 is 3.00 bits per heavy atom. The third kappa shape index (κ3) is 2.15. The van der Waals surface area contributed by atoms with Gasteiger partial charge in [-0.05, 0) is 30.7 Å². The molecule has 0 radical (unpaired) electrons. The average Bonchev–Trinajstić information content (AvgIpc) is 3.06. The van der Waals surface area contributed by atoms with Crippen molar-refractivity contribution in [2.45, 2.75) is 6.92 Å². The van der Waals surface area contributed by atoms with Crippen LogP contribution >= 0.6 is 0 Å². The third-order valence-corrected chi connectivity index (χ3v) is 4.19. The Kier molecular flexibility index (Phi) is 3.06. The second-order valence-corrected chi connectivity index (χ2v) is 5.62. The standard InChI is InChI=1S/C17H17N5O/c1-11-4-6-21(23)10-14(11)16-7-12-9-19-17(18-2)8-13(12)15-3-5-20-22(15)16/h3-5,7-10,23H,6H2,1-2H3,(H,18,19). The van der Waals surface area contributed by atoms with E-state index in [2.05, 4.69) is 21.5 Å². The molecule has 0 saturated carbocycles. The van der Waals surface area contributed by atoms with Crippen molar-refractivity contribution in [3.63, 3.8) is 0 Å². The molecule has 4 rings (SSSR count). The van der Waals surface area contributed by atoms with Crippen molar-refractivity contribution in [1.82, 2.24) is 19.7 Å². The lowest BCUT2D eigenvalue weighted by atomic mass is 10.0. The van der Waals surface area contributed by atoms with Gasteiger partial charge in [0.2, 0.25) is 0 Å². The fourth-order valence-electron chi connectivity index (χ4n) is 2.95. The van der Waals surface area contributed by atoms with Crippen LogP contribution in [0.1, 0.15) is 12.6 Å². The maximum Gasteiger partial charge on any atom is 0.126 e. The Bertz CT molecular complexity index is 970. The molecule has 2 N–H and O–H groups in total. The molecule has 0 aliphatic carbocycles. The van der Waals surface area contributed by atoms with Crippen LogP contribution in [-0.4, -0.2) is 38.5 Å². The summed E-state index contributed by atoms with van der Waals surface area (Å²) in [6.07, 6.45) is 7.39. The van der Waals surface area contributed by atoms with Gasteiger partial charge in [-0.1, -0.05) is 6.08 Å². The van der Waals surface area contributed by atoms with Gasteiger partial charge in [0.1, 0.15) is 5.82 Å². The van der Waals surface area contributed by atoms with Gasteiger partial charge in [0, 0.05) is 35.8 Å². The number of aromatic nitrogens is 3. The molecule has 6 heteroatoms. The number of anilines is 1. The van der Waals surface area contributed by atoms with Crippen LogP contribution in [0.4, 0.5) is 5.82 Å². The summed E-state index contributed by atoms with van der Waals surface area (Å²) < 4.78 is 1.91. The summed E-state index contributed by atoms with van der Waals surface area (Å²) in [4.78, 5) is 4.40. The minimum absolute atomic E-state index is 0.498. The van der Waals surface area contributed by atoms with Gasteiger partial charge < -0.3 is 5.32 Å². The van der Waals surface area contributed by atoms with E-state index in [0.29, 0.717) is 6.54 Å². The van der Waals surface area contributed by atoms with Gasteiger partial charge in [-0.3, -0.25) is 10.3 Å². The normalized spacial score (nSPS) is 15.0. The summed E-state index contributed by atoms with van der Waals surface area (Å²) in [6.45, 7) is 2.54. The molecule has 0 amide bonds. The summed E-state index contributed by atoms with van der Waals surface area (Å²) in [5.74, 6) is 0.822. The predicted molar refractivity (Wildman–Crippen MR) is 90.3 cm³/mol. The van der Waals surface area contributed by atoms with E-state index in [9.17, 15) is 5.21 Å². The molecule has 3 aromatic rings. The summed E-state index contributed by atoms with van der Waals surface area (Å²) in [5, 5.41) is 20.7. The Morgan fingerprint density at radius 2 is 2.17 bits per heavy atom. The highest BCUT2D eigenvalue weighted by Gasteiger charge is 2.16. The molecule has 0 unspecified atom stereocenters. The van der Waals surface area contributed by atoms with E-state index in [-0.39, 0.29) is 0 Å². The van der Waals surface area contributed by atoms with Crippen LogP contribution < -0.4 is 5.32 Å². The molecule has 0 bridgehead atoms. The molecule has 116 valence electrons. The van der Waals surface area contributed by atoms with Crippen LogP contribution in [0.25, 0.3) is 21.9 Å². The van der Waals surface area contributed by atoms with Crippen molar-refractivity contribution in [3.05, 3.63) is 54.1 Å². The van der Waals surface area contributed by atoms with Gasteiger partial charge in [-0.2, -0.15) is 5.10 Å². The van der Waals surface area contributed by atoms with E-state index >= 15 is 0 Å². The number of pyridine rings is 2. The van der Waals surface area contributed by atoms with E-state index in [1.807, 2.05) is 42.9 Å². The lowest BCUT2D eigenvalue weighted by Crippen LogP contribution is -2.17. The molecule has 0 aromatic carbocycles. The third-order valence-electron chi connectivity index (χ3n) is 4.19. The van der Waals surface area contributed by atoms with Crippen molar-refractivity contribution in [1.29, 1.82) is 0 Å². The molecule has 0 fully saturated rings. The largest absolute Gasteiger partial charge is 0.373 e. The van der Waals surface area contributed by atoms with E-state index in [1.54, 1.807) is 12.4 Å². The number of fused-ring (bicyclic) bond motifs is 3. The Labute approximate surface area is 133 Å². The molecule has 1 aliphatic heterocycles. The zero-order valence-electron chi connectivity index (χ0n) is 13.0. The first-order chi connectivity index (χ1) is 11.2. The molecule has 0 saturated heterocycles. The quantitative estimate of drug-likeness (QED) is 0.762. The van der Waals surface area contributed by atoms with Crippen LogP contribution in [0.2, 0.25) is 0 Å². The SMILES string of the molecule is CNc1cc2c(cn1)cc(C1=CN(O)CC=C1C)n1nccc21. The molecule has 6 nitrogen and oxygen atoms in total. The number of rotatable bonds is 2. The zero-order chi connectivity index (χ0) is 16.0. The second-order valence-electron chi connectivity index (χ2n) is 5.62. The minimum Gasteiger partial charge on any atom is -0.373 e. The van der Waals surface area contributed by atoms with E-state index < -0.39 is 0 Å². The van der Waals surface area contributed by atoms with Crippen molar-refractivity contribution >= 4 is 27.7 Å². The first-order valence-corrected chi connectivity index (χ1v) is 7.46. The molecule has 0 atom stereocenters. The summed E-state index contributed by atoms with van der Waals surface area (Å²) in [5.41, 5.74) is 4.02. The first-order valence-electron chi connectivity index (χ1n) is 7.46. The topological polar surface area (TPSA) is 65.7 Å². The molecule has 3 aromatic heterocycles. The first kappa shape index (κ1) is 13.8. The second kappa shape index (κ2) is 5.10. The highest BCUT2D eigenvalue weighted by atomic mass is 16.5. The van der Waals surface area contributed by atoms with Crippen molar-refractivity contribution in [2.75, 3.05) is 18.9 Å². The van der Waals surface area contributed by atoms with E-state index in [0.717, 1.165) is 38.9 Å². The fraction of sp³-hybridized carbons (Fsp3) is 0.176. The summed E-state index contributed by atoms with van der Waals surface area (Å²) in [7, 11) is 1.85. The van der Waals surface area contributed by atoms with Crippen LogP contribution in [-0.2, 0) is 0 Å². The van der Waals surface area contributed by atoms with Gasteiger partial charge in [0.15, 0.2) is 0 Å². The highest BCUT2D eigenvalue weighted by molar-refractivity contribution is 5.99. The number of hydrogen-bond donors (Lipinski definition) is 2. The monoisotopic (exact) mass is 307 g/mol. The Balaban J connectivity index is 2.04. The van der Waals surface area contributed by atoms with Crippen LogP contribution in [0.5, 0.6) is 0 Å². The number of nitrogens with zero attached hydrogens (tertiary/aromatic N) is 4. The molecule has 1 aliphatic rings.